The molecule has 1 aromatic carbocycles. The normalized spacial score (nSPS) is 23.3. The predicted molar refractivity (Wildman–Crippen MR) is 186 cm³/mol. The summed E-state index contributed by atoms with van der Waals surface area (Å²) < 4.78 is 11.6. The number of nitro groups is 1. The number of ether oxygens (including phenoxy) is 2. The molecule has 17 heteroatoms. The molecule has 4 heterocycles. The third-order valence-corrected chi connectivity index (χ3v) is 11.4. The number of benzene rings is 1. The van der Waals surface area contributed by atoms with E-state index in [0.29, 0.717) is 16.9 Å². The molecule has 2 saturated heterocycles. The second-order valence-corrected chi connectivity index (χ2v) is 14.3. The molecule has 0 spiro atoms. The van der Waals surface area contributed by atoms with Crippen LogP contribution in [0.2, 0.25) is 0 Å². The topological polar surface area (TPSA) is 195 Å². The number of carboxylic acid groups (broad SMARTS) is 1. The molecule has 1 aromatic heterocycles. The summed E-state index contributed by atoms with van der Waals surface area (Å²) in [4.78, 5) is 71.3. The van der Waals surface area contributed by atoms with Gasteiger partial charge in [0.25, 0.3) is 0 Å². The van der Waals surface area contributed by atoms with Crippen molar-refractivity contribution in [2.75, 3.05) is 25.5 Å². The van der Waals surface area contributed by atoms with Crippen LogP contribution in [0.5, 0.6) is 0 Å². The maximum Gasteiger partial charge on any atom is 0.418 e. The number of likely N-dealkylation sites (tertiary alicyclic amines) is 1. The Morgan fingerprint density at radius 2 is 1.88 bits per heavy atom. The van der Waals surface area contributed by atoms with Crippen molar-refractivity contribution in [1.29, 1.82) is 0 Å². The monoisotopic (exact) mass is 727 g/mol. The average Bonchev–Trinajstić information content (AvgIpc) is 3.71. The number of rotatable bonds is 14. The van der Waals surface area contributed by atoms with E-state index < -0.39 is 47.2 Å². The molecule has 0 aliphatic carbocycles. The summed E-state index contributed by atoms with van der Waals surface area (Å²) in [5, 5.41) is 32.2. The van der Waals surface area contributed by atoms with Crippen LogP contribution in [0.3, 0.4) is 0 Å². The van der Waals surface area contributed by atoms with Gasteiger partial charge in [0.15, 0.2) is 10.7 Å². The highest BCUT2D eigenvalue weighted by Gasteiger charge is 2.60. The number of carbonyl (C=O) groups excluding carboxylic acids is 3. The van der Waals surface area contributed by atoms with Crippen molar-refractivity contribution >= 4 is 64.3 Å². The summed E-state index contributed by atoms with van der Waals surface area (Å²) in [6.45, 7) is 14.3. The number of nitro benzene ring substituents is 1. The summed E-state index contributed by atoms with van der Waals surface area (Å²) >= 11 is 2.38. The first kappa shape index (κ1) is 36.7. The zero-order valence-electron chi connectivity index (χ0n) is 27.4. The zero-order chi connectivity index (χ0) is 36.4. The van der Waals surface area contributed by atoms with Gasteiger partial charge < -0.3 is 29.5 Å². The number of aliphatic hydroxyl groups is 1. The molecule has 5 rings (SSSR count). The first-order chi connectivity index (χ1) is 23.9. The van der Waals surface area contributed by atoms with Gasteiger partial charge >= 0.3 is 23.8 Å². The van der Waals surface area contributed by atoms with Gasteiger partial charge in [-0.1, -0.05) is 50.1 Å². The maximum atomic E-state index is 13.2. The largest absolute Gasteiger partial charge is 0.464 e. The molecular weight excluding hydrogens is 691 g/mol. The van der Waals surface area contributed by atoms with Crippen LogP contribution in [-0.2, 0) is 25.5 Å². The Morgan fingerprint density at radius 1 is 1.18 bits per heavy atom. The molecule has 2 aromatic rings. The van der Waals surface area contributed by atoms with Crippen LogP contribution in [0.25, 0.3) is 11.0 Å². The number of imidazole rings is 1. The molecule has 2 N–H and O–H groups in total. The number of esters is 1. The number of fused-ring (bicyclic) bond motifs is 2. The van der Waals surface area contributed by atoms with Crippen molar-refractivity contribution in [3.8, 4) is 0 Å². The van der Waals surface area contributed by atoms with E-state index in [9.17, 15) is 39.5 Å². The van der Waals surface area contributed by atoms with E-state index in [0.717, 1.165) is 16.3 Å². The number of nitrogens with zero attached hydrogens (tertiary/aromatic N) is 5. The molecule has 0 radical (unpaired) electrons. The van der Waals surface area contributed by atoms with E-state index >= 15 is 0 Å². The van der Waals surface area contributed by atoms with Gasteiger partial charge in [-0.15, -0.1) is 18.3 Å². The van der Waals surface area contributed by atoms with Crippen LogP contribution >= 0.6 is 23.5 Å². The van der Waals surface area contributed by atoms with Gasteiger partial charge in [-0.05, 0) is 31.9 Å². The first-order valence-corrected chi connectivity index (χ1v) is 17.6. The van der Waals surface area contributed by atoms with E-state index in [4.69, 9.17) is 9.47 Å². The third-order valence-electron chi connectivity index (χ3n) is 8.86. The van der Waals surface area contributed by atoms with Gasteiger partial charge in [-0.3, -0.25) is 14.9 Å². The Balaban J connectivity index is 1.44. The molecule has 1 unspecified atom stereocenters. The fourth-order valence-electron chi connectivity index (χ4n) is 6.73. The molecule has 3 aliphatic heterocycles. The standard InChI is InChI=1S/C33H37N5O10S2/c1-6-9-19-10-11-22-24(26(19)38(45)46)34-31(36(22)32(42)43)49-16-20-14-21(15-35(20)33(44)48-13-8-3)50-28-17(4)25-23(18(5)39)29(40)37(25)27(28)30(41)47-12-7-2/h6-8,10-11,17-18,20-21,23,25,39H,1-3,9,12-16H2,4-5H3,(H,42,43)/t17-,18-,20+,21-,23-,25?/m0/s1. The van der Waals surface area contributed by atoms with Gasteiger partial charge in [0.05, 0.1) is 28.5 Å². The molecule has 2 amide bonds. The molecule has 3 aliphatic rings. The second-order valence-electron chi connectivity index (χ2n) is 12.0. The van der Waals surface area contributed by atoms with Crippen molar-refractivity contribution in [1.82, 2.24) is 19.4 Å². The summed E-state index contributed by atoms with van der Waals surface area (Å²) in [5.41, 5.74) is 0.120. The lowest BCUT2D eigenvalue weighted by molar-refractivity contribution is -0.383. The van der Waals surface area contributed by atoms with E-state index in [-0.39, 0.29) is 76.6 Å². The highest BCUT2D eigenvalue weighted by atomic mass is 32.2. The van der Waals surface area contributed by atoms with Crippen LogP contribution in [0.4, 0.5) is 15.3 Å². The lowest BCUT2D eigenvalue weighted by Gasteiger charge is -2.46. The average molecular weight is 728 g/mol. The number of β-lactam (4-membered cyclic amide) rings is 1. The molecule has 2 fully saturated rings. The highest BCUT2D eigenvalue weighted by Crippen LogP contribution is 2.52. The summed E-state index contributed by atoms with van der Waals surface area (Å²) in [6, 6.07) is 2.02. The van der Waals surface area contributed by atoms with E-state index in [1.54, 1.807) is 0 Å². The Bertz CT molecular complexity index is 1810. The maximum absolute atomic E-state index is 13.2. The molecule has 15 nitrogen and oxygen atoms in total. The van der Waals surface area contributed by atoms with Gasteiger partial charge in [0.2, 0.25) is 5.91 Å². The van der Waals surface area contributed by atoms with Crippen LogP contribution < -0.4 is 0 Å². The van der Waals surface area contributed by atoms with E-state index in [1.807, 2.05) is 6.92 Å². The van der Waals surface area contributed by atoms with Crippen LogP contribution in [0.15, 0.2) is 65.9 Å². The molecular formula is C33H37N5O10S2. The second kappa shape index (κ2) is 15.1. The number of aliphatic hydroxyl groups excluding tert-OH is 1. The van der Waals surface area contributed by atoms with Gasteiger partial charge in [-0.2, -0.15) is 0 Å². The number of carbonyl (C=O) groups is 4. The minimum Gasteiger partial charge on any atom is -0.464 e. The molecule has 0 bridgehead atoms. The Kier molecular flexibility index (Phi) is 11.1. The Morgan fingerprint density at radius 3 is 2.50 bits per heavy atom. The van der Waals surface area contributed by atoms with Crippen molar-refractivity contribution in [3.05, 3.63) is 76.4 Å². The fraction of sp³-hybridized carbons (Fsp3) is 0.424. The molecule has 6 atom stereocenters. The number of thioether (sulfide) groups is 2. The van der Waals surface area contributed by atoms with Gasteiger partial charge in [-0.25, -0.2) is 23.9 Å². The smallest absolute Gasteiger partial charge is 0.418 e. The Hall–Kier alpha value is -4.61. The predicted octanol–water partition coefficient (Wildman–Crippen LogP) is 4.59. The van der Waals surface area contributed by atoms with Crippen molar-refractivity contribution in [3.63, 3.8) is 0 Å². The minimum absolute atomic E-state index is 0.00621. The zero-order valence-corrected chi connectivity index (χ0v) is 29.1. The number of hydrogen-bond donors (Lipinski definition) is 2. The molecule has 0 saturated carbocycles. The van der Waals surface area contributed by atoms with Gasteiger partial charge in [0, 0.05) is 40.0 Å². The number of aromatic nitrogens is 2. The Labute approximate surface area is 295 Å². The van der Waals surface area contributed by atoms with Crippen molar-refractivity contribution < 1.29 is 43.8 Å². The molecule has 50 heavy (non-hydrogen) atoms. The number of allylic oxidation sites excluding steroid dienone is 1. The number of hydrogen-bond acceptors (Lipinski definition) is 12. The lowest BCUT2D eigenvalue weighted by atomic mass is 9.79. The lowest BCUT2D eigenvalue weighted by Crippen LogP contribution is -2.63. The first-order valence-electron chi connectivity index (χ1n) is 15.8. The summed E-state index contributed by atoms with van der Waals surface area (Å²) in [6.07, 6.45) is 2.01. The third kappa shape index (κ3) is 6.64. The van der Waals surface area contributed by atoms with Crippen LogP contribution in [-0.4, -0.2) is 107 Å². The van der Waals surface area contributed by atoms with E-state index in [2.05, 4.69) is 24.7 Å². The SMILES string of the molecule is C=CCOC(=O)C1=C(S[C@H]2C[C@H](CSc3nc4c([N+](=O)[O-])c(CC=C)ccc4n3C(=O)O)N(C(=O)OCC=C)C2)[C@@H](C)C2[C@H]([C@H](C)O)C(=O)N12. The van der Waals surface area contributed by atoms with Crippen LogP contribution in [0.1, 0.15) is 25.8 Å². The van der Waals surface area contributed by atoms with E-state index in [1.165, 1.54) is 58.8 Å². The quantitative estimate of drug-likeness (QED) is 0.0686. The van der Waals surface area contributed by atoms with Gasteiger partial charge in [0.1, 0.15) is 18.9 Å². The summed E-state index contributed by atoms with van der Waals surface area (Å²) in [5.74, 6) is -1.89. The van der Waals surface area contributed by atoms with Crippen molar-refractivity contribution in [2.24, 2.45) is 11.8 Å². The minimum atomic E-state index is -1.38. The molecule has 266 valence electrons. The highest BCUT2D eigenvalue weighted by molar-refractivity contribution is 8.03. The fourth-order valence-corrected chi connectivity index (χ4v) is 9.41. The number of amides is 2. The van der Waals surface area contributed by atoms with Crippen molar-refractivity contribution in [2.45, 2.75) is 55.3 Å². The van der Waals surface area contributed by atoms with Crippen LogP contribution in [0, 0.1) is 22.0 Å². The summed E-state index contributed by atoms with van der Waals surface area (Å²) in [7, 11) is 0.